The van der Waals surface area contributed by atoms with E-state index in [-0.39, 0.29) is 57.2 Å². The molecule has 0 aromatic rings. The van der Waals surface area contributed by atoms with Gasteiger partial charge in [-0.2, -0.15) is 18.4 Å². The van der Waals surface area contributed by atoms with Gasteiger partial charge in [0.25, 0.3) is 0 Å². The van der Waals surface area contributed by atoms with Gasteiger partial charge in [-0.1, -0.05) is 48.5 Å². The van der Waals surface area contributed by atoms with Crippen LogP contribution in [0.3, 0.4) is 0 Å². The molecule has 8 atom stereocenters. The lowest BCUT2D eigenvalue weighted by atomic mass is 9.31. The maximum atomic E-state index is 14.6. The molecule has 0 aromatic heterocycles. The summed E-state index contributed by atoms with van der Waals surface area (Å²) in [6, 6.07) is 2.27. The van der Waals surface area contributed by atoms with Crippen LogP contribution in [0, 0.1) is 67.5 Å². The number of nitrogens with zero attached hydrogens (tertiary/aromatic N) is 1. The Morgan fingerprint density at radius 2 is 1.61 bits per heavy atom. The highest BCUT2D eigenvalue weighted by Gasteiger charge is 2.72. The predicted molar refractivity (Wildman–Crippen MR) is 150 cm³/mol. The van der Waals surface area contributed by atoms with Crippen molar-refractivity contribution in [3.05, 3.63) is 11.3 Å². The lowest BCUT2D eigenvalue weighted by molar-refractivity contribution is -0.230. The van der Waals surface area contributed by atoms with Crippen LogP contribution in [0.4, 0.5) is 13.2 Å². The number of halogens is 3. The number of carbonyl (C=O) groups excluding carboxylic acids is 2. The Labute approximate surface area is 243 Å². The largest absolute Gasteiger partial charge is 0.511 e. The third-order valence-electron chi connectivity index (χ3n) is 13.9. The predicted octanol–water partition coefficient (Wildman–Crippen LogP) is 8.90. The van der Waals surface area contributed by atoms with Crippen molar-refractivity contribution in [2.24, 2.45) is 56.2 Å². The lowest BCUT2D eigenvalue weighted by Crippen LogP contribution is -2.69. The Bertz CT molecular complexity index is 1230. The number of alkyl halides is 3. The lowest BCUT2D eigenvalue weighted by Gasteiger charge is -2.72. The van der Waals surface area contributed by atoms with Crippen molar-refractivity contribution in [1.29, 1.82) is 5.26 Å². The van der Waals surface area contributed by atoms with Crippen molar-refractivity contribution in [2.45, 2.75) is 125 Å². The third kappa shape index (κ3) is 4.19. The topological polar surface area (TPSA) is 78.2 Å². The van der Waals surface area contributed by atoms with Gasteiger partial charge in [0.2, 0.25) is 0 Å². The van der Waals surface area contributed by atoms with Crippen LogP contribution in [-0.2, 0) is 9.59 Å². The van der Waals surface area contributed by atoms with Crippen molar-refractivity contribution in [3.8, 4) is 6.07 Å². The number of nitriles is 1. The van der Waals surface area contributed by atoms with Crippen molar-refractivity contribution >= 4 is 11.6 Å². The maximum absolute atomic E-state index is 14.6. The molecule has 4 nitrogen and oxygen atoms in total. The van der Waals surface area contributed by atoms with Gasteiger partial charge in [-0.15, -0.1) is 0 Å². The monoisotopic (exact) mass is 575 g/mol. The molecule has 0 aromatic carbocycles. The third-order valence-corrected chi connectivity index (χ3v) is 13.9. The summed E-state index contributed by atoms with van der Waals surface area (Å²) in [4.78, 5) is 28.4. The maximum Gasteiger partial charge on any atom is 0.389 e. The molecule has 0 saturated heterocycles. The van der Waals surface area contributed by atoms with Crippen molar-refractivity contribution in [2.75, 3.05) is 0 Å². The fourth-order valence-corrected chi connectivity index (χ4v) is 11.6. The number of aliphatic hydroxyl groups is 1. The number of carbonyl (C=O) groups is 2. The molecule has 4 fully saturated rings. The summed E-state index contributed by atoms with van der Waals surface area (Å²) in [5, 5.41) is 21.0. The van der Waals surface area contributed by atoms with Crippen LogP contribution in [0.5, 0.6) is 0 Å². The number of aliphatic hydroxyl groups excluding tert-OH is 1. The molecule has 0 spiro atoms. The molecule has 0 heterocycles. The van der Waals surface area contributed by atoms with Crippen LogP contribution in [0.25, 0.3) is 0 Å². The second-order valence-corrected chi connectivity index (χ2v) is 16.6. The van der Waals surface area contributed by atoms with E-state index in [1.807, 2.05) is 13.8 Å². The number of Topliss-reactive ketones (excluding diaryl/α,β-unsaturated/α-hetero) is 2. The quantitative estimate of drug-likeness (QED) is 0.364. The molecule has 5 aliphatic carbocycles. The van der Waals surface area contributed by atoms with Gasteiger partial charge in [0.15, 0.2) is 0 Å². The molecule has 5 aliphatic rings. The van der Waals surface area contributed by atoms with E-state index in [9.17, 15) is 33.1 Å². The van der Waals surface area contributed by atoms with Gasteiger partial charge in [0, 0.05) is 29.6 Å². The van der Waals surface area contributed by atoms with Gasteiger partial charge in [-0.3, -0.25) is 9.59 Å². The smallest absolute Gasteiger partial charge is 0.389 e. The second kappa shape index (κ2) is 9.08. The first kappa shape index (κ1) is 30.6. The molecule has 41 heavy (non-hydrogen) atoms. The summed E-state index contributed by atoms with van der Waals surface area (Å²) in [7, 11) is 0. The zero-order chi connectivity index (χ0) is 30.6. The number of rotatable bonds is 3. The summed E-state index contributed by atoms with van der Waals surface area (Å²) >= 11 is 0. The minimum Gasteiger partial charge on any atom is -0.511 e. The van der Waals surface area contributed by atoms with Gasteiger partial charge in [0.1, 0.15) is 17.3 Å². The molecule has 4 saturated carbocycles. The van der Waals surface area contributed by atoms with Crippen molar-refractivity contribution in [1.82, 2.24) is 0 Å². The number of ketones is 2. The van der Waals surface area contributed by atoms with Crippen LogP contribution in [0.1, 0.15) is 119 Å². The fourth-order valence-electron chi connectivity index (χ4n) is 11.6. The zero-order valence-electron chi connectivity index (χ0n) is 25.9. The Balaban J connectivity index is 1.58. The second-order valence-electron chi connectivity index (χ2n) is 16.6. The first-order valence-corrected chi connectivity index (χ1v) is 15.6. The standard InChI is InChI=1S/C34H48F3NO3/c1-28(2)12-14-33(25(40)9-11-34(35,36)37)15-13-32(7)26(21(33)18-28)22(39)16-24-30(5)17-20(19-38)27(41)29(3,4)23(30)8-10-31(24,32)6/h21,23-24,26,41H,8-18H2,1-7H3/t21-,23-,24+,26-,30-,31+,32+,33-/m0/s1. The van der Waals surface area contributed by atoms with Gasteiger partial charge in [0.05, 0.1) is 18.1 Å². The number of fused-ring (bicyclic) bond motifs is 7. The summed E-state index contributed by atoms with van der Waals surface area (Å²) in [5.41, 5.74) is -2.07. The molecular weight excluding hydrogens is 527 g/mol. The first-order chi connectivity index (χ1) is 18.7. The van der Waals surface area contributed by atoms with Crippen molar-refractivity contribution in [3.63, 3.8) is 0 Å². The number of allylic oxidation sites excluding steroid dienone is 2. The van der Waals surface area contributed by atoms with E-state index in [4.69, 9.17) is 0 Å². The van der Waals surface area contributed by atoms with Crippen LogP contribution in [-0.4, -0.2) is 22.8 Å². The molecule has 0 bridgehead atoms. The van der Waals surface area contributed by atoms with E-state index in [0.29, 0.717) is 44.1 Å². The van der Waals surface area contributed by atoms with E-state index in [2.05, 4.69) is 40.7 Å². The average Bonchev–Trinajstić information content (AvgIpc) is 2.85. The molecular formula is C34H48F3NO3. The molecule has 7 heteroatoms. The van der Waals surface area contributed by atoms with Crippen LogP contribution in [0.15, 0.2) is 11.3 Å². The molecule has 5 rings (SSSR count). The molecule has 0 aliphatic heterocycles. The fraction of sp³-hybridized carbons (Fsp3) is 0.853. The number of hydrogen-bond donors (Lipinski definition) is 1. The van der Waals surface area contributed by atoms with Crippen LogP contribution < -0.4 is 0 Å². The summed E-state index contributed by atoms with van der Waals surface area (Å²) < 4.78 is 39.6. The van der Waals surface area contributed by atoms with Crippen LogP contribution in [0.2, 0.25) is 0 Å². The molecule has 228 valence electrons. The molecule has 0 amide bonds. The van der Waals surface area contributed by atoms with E-state index >= 15 is 0 Å². The van der Waals surface area contributed by atoms with Gasteiger partial charge in [-0.25, -0.2) is 0 Å². The summed E-state index contributed by atoms with van der Waals surface area (Å²) in [6.45, 7) is 15.2. The normalized spacial score (nSPS) is 45.0. The van der Waals surface area contributed by atoms with Gasteiger partial charge in [-0.05, 0) is 90.8 Å². The van der Waals surface area contributed by atoms with E-state index in [1.54, 1.807) is 0 Å². The Kier molecular flexibility index (Phi) is 6.78. The number of hydrogen-bond acceptors (Lipinski definition) is 4. The molecule has 0 radical (unpaired) electrons. The average molecular weight is 576 g/mol. The highest BCUT2D eigenvalue weighted by molar-refractivity contribution is 5.89. The van der Waals surface area contributed by atoms with Crippen LogP contribution >= 0.6 is 0 Å². The minimum absolute atomic E-state index is 0.0169. The SMILES string of the molecule is CC1(C)CC[C@]2(C(=O)CCC(F)(F)F)CC[C@]3(C)[C@H](C(=O)C[C@@H]4[C@@]5(C)CC(C#N)=C(O)C(C)(C)[C@@H]5CC[C@]43C)[C@@H]2C1. The van der Waals surface area contributed by atoms with E-state index < -0.39 is 35.3 Å². The summed E-state index contributed by atoms with van der Waals surface area (Å²) in [6.07, 6.45) is -0.181. The minimum atomic E-state index is -4.38. The van der Waals surface area contributed by atoms with E-state index in [0.717, 1.165) is 19.3 Å². The van der Waals surface area contributed by atoms with E-state index in [1.165, 1.54) is 0 Å². The summed E-state index contributed by atoms with van der Waals surface area (Å²) in [5.74, 6) is -0.419. The van der Waals surface area contributed by atoms with Gasteiger partial charge < -0.3 is 5.11 Å². The Morgan fingerprint density at radius 1 is 0.976 bits per heavy atom. The highest BCUT2D eigenvalue weighted by atomic mass is 19.4. The Hall–Kier alpha value is -1.84. The molecule has 1 N–H and O–H groups in total. The highest BCUT2D eigenvalue weighted by Crippen LogP contribution is 2.76. The zero-order valence-corrected chi connectivity index (χ0v) is 25.9. The Morgan fingerprint density at radius 3 is 2.22 bits per heavy atom. The van der Waals surface area contributed by atoms with Crippen molar-refractivity contribution < 1.29 is 27.9 Å². The first-order valence-electron chi connectivity index (χ1n) is 15.6. The van der Waals surface area contributed by atoms with Gasteiger partial charge >= 0.3 is 6.18 Å². The molecule has 0 unspecified atom stereocenters.